The van der Waals surface area contributed by atoms with Crippen molar-refractivity contribution in [2.45, 2.75) is 25.6 Å². The summed E-state index contributed by atoms with van der Waals surface area (Å²) in [4.78, 5) is 8.09. The van der Waals surface area contributed by atoms with Crippen molar-refractivity contribution in [3.63, 3.8) is 0 Å². The minimum absolute atomic E-state index is 0.475. The molecule has 0 spiro atoms. The van der Waals surface area contributed by atoms with Crippen molar-refractivity contribution < 1.29 is 0 Å². The fourth-order valence-electron chi connectivity index (χ4n) is 2.12. The molecule has 2 aromatic rings. The van der Waals surface area contributed by atoms with Gasteiger partial charge in [-0.3, -0.25) is 0 Å². The van der Waals surface area contributed by atoms with Gasteiger partial charge in [-0.25, -0.2) is 9.97 Å². The predicted octanol–water partition coefficient (Wildman–Crippen LogP) is 1.03. The van der Waals surface area contributed by atoms with Gasteiger partial charge in [-0.1, -0.05) is 6.08 Å². The summed E-state index contributed by atoms with van der Waals surface area (Å²) in [5, 5.41) is 3.53. The fraction of sp³-hybridized carbons (Fsp3) is 0.333. The molecule has 0 aliphatic carbocycles. The molecule has 88 valence electrons. The molecule has 5 nitrogen and oxygen atoms in total. The molecule has 1 unspecified atom stereocenters. The molecular weight excluding hydrogens is 214 g/mol. The molecule has 5 heteroatoms. The van der Waals surface area contributed by atoms with E-state index in [1.165, 1.54) is 5.70 Å². The van der Waals surface area contributed by atoms with E-state index < -0.39 is 0 Å². The summed E-state index contributed by atoms with van der Waals surface area (Å²) < 4.78 is 4.17. The van der Waals surface area contributed by atoms with E-state index in [4.69, 9.17) is 0 Å². The van der Waals surface area contributed by atoms with Crippen LogP contribution in [-0.4, -0.2) is 25.1 Å². The van der Waals surface area contributed by atoms with Gasteiger partial charge in [-0.15, -0.1) is 0 Å². The smallest absolute Gasteiger partial charge is 0.0949 e. The van der Waals surface area contributed by atoms with Crippen molar-refractivity contribution in [3.8, 4) is 0 Å². The maximum atomic E-state index is 4.05. The Bertz CT molecular complexity index is 483. The molecule has 3 heterocycles. The lowest BCUT2D eigenvalue weighted by Crippen LogP contribution is -2.28. The number of hydrogen-bond donors (Lipinski definition) is 1. The van der Waals surface area contributed by atoms with Crippen molar-refractivity contribution >= 4 is 0 Å². The van der Waals surface area contributed by atoms with Crippen LogP contribution in [-0.2, 0) is 13.1 Å². The van der Waals surface area contributed by atoms with Gasteiger partial charge in [0.15, 0.2) is 0 Å². The monoisotopic (exact) mass is 229 g/mol. The second kappa shape index (κ2) is 4.45. The van der Waals surface area contributed by atoms with Gasteiger partial charge in [0.2, 0.25) is 0 Å². The predicted molar refractivity (Wildman–Crippen MR) is 64.1 cm³/mol. The molecule has 1 aliphatic heterocycles. The highest BCUT2D eigenvalue weighted by molar-refractivity contribution is 5.10. The third-order valence-electron chi connectivity index (χ3n) is 2.94. The zero-order valence-electron chi connectivity index (χ0n) is 9.53. The van der Waals surface area contributed by atoms with Crippen molar-refractivity contribution in [3.05, 3.63) is 49.2 Å². The second-order valence-electron chi connectivity index (χ2n) is 4.30. The van der Waals surface area contributed by atoms with E-state index in [9.17, 15) is 0 Å². The van der Waals surface area contributed by atoms with Gasteiger partial charge in [0.05, 0.1) is 19.2 Å². The second-order valence-corrected chi connectivity index (χ2v) is 4.30. The molecule has 0 fully saturated rings. The molecule has 0 aromatic carbocycles. The first-order chi connectivity index (χ1) is 8.40. The Labute approximate surface area is 99.8 Å². The summed E-state index contributed by atoms with van der Waals surface area (Å²) in [6.07, 6.45) is 14.6. The molecule has 0 radical (unpaired) electrons. The minimum Gasteiger partial charge on any atom is -0.382 e. The van der Waals surface area contributed by atoms with Crippen molar-refractivity contribution in [2.24, 2.45) is 0 Å². The first-order valence-corrected chi connectivity index (χ1v) is 5.77. The minimum atomic E-state index is 0.475. The van der Waals surface area contributed by atoms with Crippen LogP contribution in [0.2, 0.25) is 0 Å². The quantitative estimate of drug-likeness (QED) is 0.851. The molecule has 1 atom stereocenters. The van der Waals surface area contributed by atoms with E-state index in [0.717, 1.165) is 19.5 Å². The van der Waals surface area contributed by atoms with Crippen LogP contribution in [0.4, 0.5) is 0 Å². The lowest BCUT2D eigenvalue weighted by Gasteiger charge is -2.14. The summed E-state index contributed by atoms with van der Waals surface area (Å²) in [7, 11) is 0. The van der Waals surface area contributed by atoms with Gasteiger partial charge in [-0.2, -0.15) is 0 Å². The van der Waals surface area contributed by atoms with Gasteiger partial charge >= 0.3 is 0 Å². The Kier molecular flexibility index (Phi) is 2.65. The largest absolute Gasteiger partial charge is 0.382 e. The standard InChI is InChI=1S/C12H15N5/c1-2-12(8-17-6-4-14-10-17)15-11(1)7-16-5-3-13-9-16/h1,3-6,9-10,12,15H,2,7-8H2. The Morgan fingerprint density at radius 3 is 2.65 bits per heavy atom. The number of nitrogens with one attached hydrogen (secondary N) is 1. The van der Waals surface area contributed by atoms with Gasteiger partial charge in [0.1, 0.15) is 0 Å². The fourth-order valence-corrected chi connectivity index (χ4v) is 2.12. The summed E-state index contributed by atoms with van der Waals surface area (Å²) in [5.41, 5.74) is 1.27. The zero-order chi connectivity index (χ0) is 11.5. The van der Waals surface area contributed by atoms with Crippen molar-refractivity contribution in [2.75, 3.05) is 0 Å². The average Bonchev–Trinajstić information content (AvgIpc) is 3.02. The van der Waals surface area contributed by atoms with Crippen LogP contribution >= 0.6 is 0 Å². The molecule has 17 heavy (non-hydrogen) atoms. The van der Waals surface area contributed by atoms with E-state index in [1.54, 1.807) is 6.20 Å². The lowest BCUT2D eigenvalue weighted by atomic mass is 10.2. The molecule has 0 saturated heterocycles. The van der Waals surface area contributed by atoms with Crippen LogP contribution < -0.4 is 5.32 Å². The number of allylic oxidation sites excluding steroid dienone is 1. The Hall–Kier alpha value is -2.04. The van der Waals surface area contributed by atoms with Crippen LogP contribution in [0, 0.1) is 0 Å². The van der Waals surface area contributed by atoms with E-state index in [2.05, 4.69) is 30.5 Å². The van der Waals surface area contributed by atoms with Crippen molar-refractivity contribution in [1.82, 2.24) is 24.4 Å². The molecule has 0 amide bonds. The van der Waals surface area contributed by atoms with E-state index in [0.29, 0.717) is 6.04 Å². The normalized spacial score (nSPS) is 19.1. The molecule has 1 N–H and O–H groups in total. The molecule has 0 bridgehead atoms. The molecule has 0 saturated carbocycles. The number of nitrogens with zero attached hydrogens (tertiary/aromatic N) is 4. The number of aromatic nitrogens is 4. The third-order valence-corrected chi connectivity index (χ3v) is 2.94. The third kappa shape index (κ3) is 2.38. The Morgan fingerprint density at radius 1 is 1.18 bits per heavy atom. The highest BCUT2D eigenvalue weighted by Gasteiger charge is 2.15. The van der Waals surface area contributed by atoms with E-state index in [-0.39, 0.29) is 0 Å². The summed E-state index contributed by atoms with van der Waals surface area (Å²) >= 11 is 0. The van der Waals surface area contributed by atoms with Crippen LogP contribution in [0.1, 0.15) is 6.42 Å². The van der Waals surface area contributed by atoms with Crippen LogP contribution in [0.5, 0.6) is 0 Å². The first kappa shape index (κ1) is 10.1. The summed E-state index contributed by atoms with van der Waals surface area (Å²) in [6.45, 7) is 1.84. The SMILES string of the molecule is C1=C(Cn2ccnc2)NC(Cn2ccnc2)C1. The number of rotatable bonds is 4. The van der Waals surface area contributed by atoms with Crippen molar-refractivity contribution in [1.29, 1.82) is 0 Å². The van der Waals surface area contributed by atoms with Crippen LogP contribution in [0.25, 0.3) is 0 Å². The Morgan fingerprint density at radius 2 is 1.94 bits per heavy atom. The molecule has 3 rings (SSSR count). The molecular formula is C12H15N5. The summed E-state index contributed by atoms with van der Waals surface area (Å²) in [6, 6.07) is 0.475. The Balaban J connectivity index is 1.54. The van der Waals surface area contributed by atoms with Gasteiger partial charge in [0.25, 0.3) is 0 Å². The number of hydrogen-bond acceptors (Lipinski definition) is 3. The number of imidazole rings is 2. The highest BCUT2D eigenvalue weighted by Crippen LogP contribution is 2.12. The topological polar surface area (TPSA) is 47.7 Å². The van der Waals surface area contributed by atoms with E-state index in [1.807, 2.05) is 31.2 Å². The zero-order valence-corrected chi connectivity index (χ0v) is 9.53. The van der Waals surface area contributed by atoms with Gasteiger partial charge < -0.3 is 14.5 Å². The van der Waals surface area contributed by atoms with Gasteiger partial charge in [0, 0.05) is 43.1 Å². The first-order valence-electron chi connectivity index (χ1n) is 5.77. The van der Waals surface area contributed by atoms with Crippen LogP contribution in [0.15, 0.2) is 49.2 Å². The van der Waals surface area contributed by atoms with Gasteiger partial charge in [-0.05, 0) is 6.42 Å². The van der Waals surface area contributed by atoms with Crippen LogP contribution in [0.3, 0.4) is 0 Å². The summed E-state index contributed by atoms with van der Waals surface area (Å²) in [5.74, 6) is 0. The molecule has 2 aromatic heterocycles. The maximum absolute atomic E-state index is 4.05. The molecule has 1 aliphatic rings. The highest BCUT2D eigenvalue weighted by atomic mass is 15.1. The van der Waals surface area contributed by atoms with E-state index >= 15 is 0 Å². The maximum Gasteiger partial charge on any atom is 0.0949 e. The average molecular weight is 229 g/mol. The lowest BCUT2D eigenvalue weighted by molar-refractivity contribution is 0.504.